The van der Waals surface area contributed by atoms with E-state index in [1.807, 2.05) is 16.7 Å². The van der Waals surface area contributed by atoms with Gasteiger partial charge in [-0.1, -0.05) is 0 Å². The van der Waals surface area contributed by atoms with Crippen LogP contribution in [-0.4, -0.2) is 36.6 Å². The maximum atomic E-state index is 12.5. The summed E-state index contributed by atoms with van der Waals surface area (Å²) >= 11 is 0. The fourth-order valence-corrected chi connectivity index (χ4v) is 3.42. The van der Waals surface area contributed by atoms with Gasteiger partial charge in [-0.05, 0) is 44.4 Å². The minimum Gasteiger partial charge on any atom is -0.493 e. The Bertz CT molecular complexity index is 992. The molecular formula is C22H25NO6. The van der Waals surface area contributed by atoms with Crippen molar-refractivity contribution in [2.24, 2.45) is 0 Å². The molecule has 0 unspecified atom stereocenters. The summed E-state index contributed by atoms with van der Waals surface area (Å²) in [6.07, 6.45) is 3.41. The molecule has 0 radical (unpaired) electrons. The molecule has 0 atom stereocenters. The molecule has 0 saturated carbocycles. The Morgan fingerprint density at radius 2 is 1.97 bits per heavy atom. The lowest BCUT2D eigenvalue weighted by Crippen LogP contribution is -2.23. The van der Waals surface area contributed by atoms with Gasteiger partial charge in [-0.3, -0.25) is 4.79 Å². The number of methoxy groups -OCH3 is 1. The molecule has 154 valence electrons. The summed E-state index contributed by atoms with van der Waals surface area (Å²) in [5, 5.41) is 0. The van der Waals surface area contributed by atoms with Crippen molar-refractivity contribution in [3.63, 3.8) is 0 Å². The van der Waals surface area contributed by atoms with Crippen LogP contribution in [-0.2, 0) is 22.5 Å². The zero-order valence-electron chi connectivity index (χ0n) is 16.9. The number of rotatable bonds is 8. The van der Waals surface area contributed by atoms with Crippen LogP contribution in [0, 0.1) is 0 Å². The Kier molecular flexibility index (Phi) is 6.36. The molecule has 0 spiro atoms. The van der Waals surface area contributed by atoms with E-state index in [1.54, 1.807) is 27.2 Å². The standard InChI is InChI=1S/C22H25NO6/c1-4-28-22(26)17-13-23-8-7-15-10-21(29-9-5-6-14(2)24)20(27-3)11-16(15)18(23)12-19(17)25/h10-13H,4-9H2,1-3H3. The monoisotopic (exact) mass is 399 g/mol. The smallest absolute Gasteiger partial charge is 0.343 e. The fraction of sp³-hybridized carbons (Fsp3) is 0.409. The van der Waals surface area contributed by atoms with Crippen LogP contribution in [0.1, 0.15) is 42.6 Å². The van der Waals surface area contributed by atoms with Crippen LogP contribution in [0.15, 0.2) is 29.2 Å². The second-order valence-electron chi connectivity index (χ2n) is 6.91. The summed E-state index contributed by atoms with van der Waals surface area (Å²) < 4.78 is 18.2. The van der Waals surface area contributed by atoms with Gasteiger partial charge in [-0.2, -0.15) is 0 Å². The predicted octanol–water partition coefficient (Wildman–Crippen LogP) is 3.00. The molecule has 0 N–H and O–H groups in total. The molecule has 0 amide bonds. The number of carbonyl (C=O) groups excluding carboxylic acids is 2. The molecule has 1 aromatic carbocycles. The van der Waals surface area contributed by atoms with Gasteiger partial charge >= 0.3 is 5.97 Å². The number of ketones is 1. The molecule has 2 aromatic rings. The van der Waals surface area contributed by atoms with Gasteiger partial charge in [0.15, 0.2) is 16.9 Å². The zero-order chi connectivity index (χ0) is 21.0. The quantitative estimate of drug-likeness (QED) is 0.501. The highest BCUT2D eigenvalue weighted by Gasteiger charge is 2.22. The van der Waals surface area contributed by atoms with Crippen LogP contribution in [0.3, 0.4) is 0 Å². The minimum atomic E-state index is -0.606. The average molecular weight is 399 g/mol. The summed E-state index contributed by atoms with van der Waals surface area (Å²) in [7, 11) is 1.56. The van der Waals surface area contributed by atoms with Gasteiger partial charge in [-0.15, -0.1) is 0 Å². The van der Waals surface area contributed by atoms with Crippen LogP contribution < -0.4 is 14.9 Å². The molecule has 7 heteroatoms. The predicted molar refractivity (Wildman–Crippen MR) is 108 cm³/mol. The normalized spacial score (nSPS) is 12.0. The lowest BCUT2D eigenvalue weighted by molar-refractivity contribution is -0.117. The van der Waals surface area contributed by atoms with Crippen LogP contribution in [0.25, 0.3) is 11.3 Å². The number of nitrogens with zero attached hydrogens (tertiary/aromatic N) is 1. The van der Waals surface area contributed by atoms with Crippen LogP contribution in [0.2, 0.25) is 0 Å². The largest absolute Gasteiger partial charge is 0.493 e. The maximum Gasteiger partial charge on any atom is 0.343 e. The van der Waals surface area contributed by atoms with Crippen molar-refractivity contribution in [2.45, 2.75) is 39.7 Å². The lowest BCUT2D eigenvalue weighted by Gasteiger charge is -2.24. The van der Waals surface area contributed by atoms with Crippen molar-refractivity contribution in [3.05, 3.63) is 45.7 Å². The first kappa shape index (κ1) is 20.6. The third kappa shape index (κ3) is 4.50. The lowest BCUT2D eigenvalue weighted by atomic mass is 9.96. The van der Waals surface area contributed by atoms with E-state index in [0.717, 1.165) is 23.2 Å². The highest BCUT2D eigenvalue weighted by Crippen LogP contribution is 2.38. The Hall–Kier alpha value is -3.09. The van der Waals surface area contributed by atoms with E-state index in [-0.39, 0.29) is 23.4 Å². The molecule has 2 heterocycles. The molecule has 0 aliphatic carbocycles. The number of hydrogen-bond donors (Lipinski definition) is 0. The number of esters is 1. The average Bonchev–Trinajstić information content (AvgIpc) is 2.70. The van der Waals surface area contributed by atoms with Crippen molar-refractivity contribution in [1.29, 1.82) is 0 Å². The molecule has 1 aliphatic rings. The topological polar surface area (TPSA) is 83.8 Å². The number of aryl methyl sites for hydroxylation is 2. The van der Waals surface area contributed by atoms with E-state index in [2.05, 4.69) is 0 Å². The number of fused-ring (bicyclic) bond motifs is 3. The van der Waals surface area contributed by atoms with Crippen LogP contribution >= 0.6 is 0 Å². The van der Waals surface area contributed by atoms with Crippen molar-refractivity contribution in [1.82, 2.24) is 4.57 Å². The molecule has 3 rings (SSSR count). The Labute approximate surface area is 169 Å². The van der Waals surface area contributed by atoms with Crippen LogP contribution in [0.4, 0.5) is 0 Å². The highest BCUT2D eigenvalue weighted by molar-refractivity contribution is 5.89. The number of benzene rings is 1. The number of pyridine rings is 1. The van der Waals surface area contributed by atoms with E-state index < -0.39 is 5.97 Å². The van der Waals surface area contributed by atoms with E-state index >= 15 is 0 Å². The minimum absolute atomic E-state index is 0.0384. The van der Waals surface area contributed by atoms with Crippen molar-refractivity contribution in [2.75, 3.05) is 20.3 Å². The number of ether oxygens (including phenoxy) is 3. The SMILES string of the molecule is CCOC(=O)c1cn2c(cc1=O)-c1cc(OC)c(OCCCC(C)=O)cc1CC2. The van der Waals surface area contributed by atoms with Gasteiger partial charge in [-0.25, -0.2) is 4.79 Å². The summed E-state index contributed by atoms with van der Waals surface area (Å²) in [4.78, 5) is 35.6. The third-order valence-electron chi connectivity index (χ3n) is 4.84. The molecule has 0 bridgehead atoms. The Balaban J connectivity index is 1.93. The Morgan fingerprint density at radius 3 is 2.66 bits per heavy atom. The molecular weight excluding hydrogens is 374 g/mol. The van der Waals surface area contributed by atoms with Gasteiger partial charge in [0.1, 0.15) is 11.3 Å². The Morgan fingerprint density at radius 1 is 1.17 bits per heavy atom. The van der Waals surface area contributed by atoms with E-state index in [9.17, 15) is 14.4 Å². The fourth-order valence-electron chi connectivity index (χ4n) is 3.42. The first-order valence-electron chi connectivity index (χ1n) is 9.69. The van der Waals surface area contributed by atoms with Crippen molar-refractivity contribution >= 4 is 11.8 Å². The molecule has 7 nitrogen and oxygen atoms in total. The number of aromatic nitrogens is 1. The molecule has 29 heavy (non-hydrogen) atoms. The number of hydrogen-bond acceptors (Lipinski definition) is 6. The van der Waals surface area contributed by atoms with Crippen LogP contribution in [0.5, 0.6) is 11.5 Å². The van der Waals surface area contributed by atoms with E-state index in [0.29, 0.717) is 37.5 Å². The zero-order valence-corrected chi connectivity index (χ0v) is 16.9. The summed E-state index contributed by atoms with van der Waals surface area (Å²) in [5.41, 5.74) is 2.31. The summed E-state index contributed by atoms with van der Waals surface area (Å²) in [5.74, 6) is 0.705. The third-order valence-corrected chi connectivity index (χ3v) is 4.84. The van der Waals surface area contributed by atoms with Crippen molar-refractivity contribution in [3.8, 4) is 22.8 Å². The van der Waals surface area contributed by atoms with Gasteiger partial charge < -0.3 is 23.6 Å². The molecule has 1 aliphatic heterocycles. The van der Waals surface area contributed by atoms with Gasteiger partial charge in [0.05, 0.1) is 26.0 Å². The number of Topliss-reactive ketones (excluding diaryl/α,β-unsaturated/α-hetero) is 1. The van der Waals surface area contributed by atoms with Gasteiger partial charge in [0, 0.05) is 30.8 Å². The highest BCUT2D eigenvalue weighted by atomic mass is 16.5. The van der Waals surface area contributed by atoms with E-state index in [1.165, 1.54) is 6.07 Å². The molecule has 1 aromatic heterocycles. The molecule has 0 saturated heterocycles. The maximum absolute atomic E-state index is 12.5. The summed E-state index contributed by atoms with van der Waals surface area (Å²) in [6.45, 7) is 4.54. The second-order valence-corrected chi connectivity index (χ2v) is 6.91. The van der Waals surface area contributed by atoms with E-state index in [4.69, 9.17) is 14.2 Å². The number of carbonyl (C=O) groups is 2. The summed E-state index contributed by atoms with van der Waals surface area (Å²) in [6, 6.07) is 5.25. The molecule has 0 fully saturated rings. The first-order chi connectivity index (χ1) is 13.9. The van der Waals surface area contributed by atoms with Gasteiger partial charge in [0.25, 0.3) is 0 Å². The van der Waals surface area contributed by atoms with Crippen molar-refractivity contribution < 1.29 is 23.8 Å². The second kappa shape index (κ2) is 8.94. The first-order valence-corrected chi connectivity index (χ1v) is 9.69. The van der Waals surface area contributed by atoms with Gasteiger partial charge in [0.2, 0.25) is 0 Å².